The van der Waals surface area contributed by atoms with Gasteiger partial charge in [-0.15, -0.1) is 12.3 Å². The van der Waals surface area contributed by atoms with Gasteiger partial charge in [0, 0.05) is 6.42 Å². The van der Waals surface area contributed by atoms with Crippen molar-refractivity contribution in [1.29, 1.82) is 0 Å². The summed E-state index contributed by atoms with van der Waals surface area (Å²) in [6, 6.07) is 0. The molecule has 1 heteroatoms. The highest BCUT2D eigenvalue weighted by atomic mass is 16.5. The van der Waals surface area contributed by atoms with Gasteiger partial charge in [0.05, 0.1) is 13.7 Å². The Morgan fingerprint density at radius 3 is 2.67 bits per heavy atom. The van der Waals surface area contributed by atoms with Crippen LogP contribution in [0.4, 0.5) is 0 Å². The maximum Gasteiger partial charge on any atom is 0.0700 e. The van der Waals surface area contributed by atoms with Gasteiger partial charge < -0.3 is 4.74 Å². The highest BCUT2D eigenvalue weighted by Gasteiger charge is 1.70. The van der Waals surface area contributed by atoms with Gasteiger partial charge in [0.15, 0.2) is 0 Å². The van der Waals surface area contributed by atoms with Gasteiger partial charge in [0.2, 0.25) is 0 Å². The molecule has 0 aliphatic carbocycles. The summed E-state index contributed by atoms with van der Waals surface area (Å²) in [4.78, 5) is 0. The van der Waals surface area contributed by atoms with Gasteiger partial charge in [-0.1, -0.05) is 0 Å². The van der Waals surface area contributed by atoms with Crippen LogP contribution in [0.25, 0.3) is 0 Å². The summed E-state index contributed by atoms with van der Waals surface area (Å²) in [6.07, 6.45) is 5.51. The summed E-state index contributed by atoms with van der Waals surface area (Å²) < 4.78 is 4.39. The summed E-state index contributed by atoms with van der Waals surface area (Å²) in [5.41, 5.74) is 0. The Balaban J connectivity index is 2.54. The lowest BCUT2D eigenvalue weighted by Gasteiger charge is -1.83. The molecule has 0 spiro atoms. The van der Waals surface area contributed by atoms with Crippen molar-refractivity contribution in [2.24, 2.45) is 0 Å². The Morgan fingerprint density at radius 2 is 2.50 bits per heavy atom. The molecule has 33 valence electrons. The molecule has 0 aliphatic heterocycles. The van der Waals surface area contributed by atoms with E-state index in [0.29, 0.717) is 13.0 Å². The zero-order valence-electron chi connectivity index (χ0n) is 3.61. The van der Waals surface area contributed by atoms with Crippen LogP contribution in [0.3, 0.4) is 0 Å². The van der Waals surface area contributed by atoms with E-state index in [2.05, 4.69) is 17.8 Å². The lowest BCUT2D eigenvalue weighted by atomic mass is 10.5. The number of hydrogen-bond donors (Lipinski definition) is 0. The smallest absolute Gasteiger partial charge is 0.0700 e. The predicted octanol–water partition coefficient (Wildman–Crippen LogP) is 0.818. The van der Waals surface area contributed by atoms with E-state index >= 15 is 0 Å². The van der Waals surface area contributed by atoms with Crippen LogP contribution in [0.1, 0.15) is 6.42 Å². The molecule has 1 nitrogen and oxygen atoms in total. The molecule has 0 aromatic rings. The molecule has 0 heterocycles. The van der Waals surface area contributed by atoms with Gasteiger partial charge in [-0.25, -0.2) is 0 Å². The Labute approximate surface area is 38.3 Å². The molecule has 0 bridgehead atoms. The van der Waals surface area contributed by atoms with E-state index < -0.39 is 0 Å². The summed E-state index contributed by atoms with van der Waals surface area (Å²) >= 11 is 0. The molecule has 0 aromatic heterocycles. The van der Waals surface area contributed by atoms with Gasteiger partial charge in [0.1, 0.15) is 0 Å². The second-order valence-corrected chi connectivity index (χ2v) is 0.862. The standard InChI is InChI=1S/C5H7O/c1-3-4-5-6-2/h1H,2,4-5H2. The highest BCUT2D eigenvalue weighted by molar-refractivity contribution is 4.82. The third kappa shape index (κ3) is 3.52. The Kier molecular flexibility index (Phi) is 4.16. The number of ether oxygens (including phenoxy) is 1. The largest absolute Gasteiger partial charge is 0.378 e. The van der Waals surface area contributed by atoms with Crippen LogP contribution in [0.15, 0.2) is 0 Å². The lowest BCUT2D eigenvalue weighted by Crippen LogP contribution is -1.80. The fourth-order valence-electron chi connectivity index (χ4n) is 0.131. The van der Waals surface area contributed by atoms with E-state index in [1.165, 1.54) is 0 Å². The second kappa shape index (κ2) is 4.52. The van der Waals surface area contributed by atoms with Crippen molar-refractivity contribution >= 4 is 0 Å². The molecule has 0 aromatic carbocycles. The Morgan fingerprint density at radius 1 is 1.83 bits per heavy atom. The summed E-state index contributed by atoms with van der Waals surface area (Å²) in [5, 5.41) is 0. The molecular weight excluding hydrogens is 76.1 g/mol. The van der Waals surface area contributed by atoms with Gasteiger partial charge in [-0.2, -0.15) is 0 Å². The maximum absolute atomic E-state index is 4.86. The molecule has 6 heavy (non-hydrogen) atoms. The van der Waals surface area contributed by atoms with Gasteiger partial charge in [-0.05, 0) is 0 Å². The second-order valence-electron chi connectivity index (χ2n) is 0.862. The minimum absolute atomic E-state index is 0.566. The maximum atomic E-state index is 4.86. The van der Waals surface area contributed by atoms with E-state index in [1.54, 1.807) is 0 Å². The monoisotopic (exact) mass is 83.0 g/mol. The molecule has 0 unspecified atom stereocenters. The minimum Gasteiger partial charge on any atom is -0.378 e. The molecule has 0 aliphatic rings. The van der Waals surface area contributed by atoms with Crippen LogP contribution in [0, 0.1) is 19.5 Å². The molecule has 0 atom stereocenters. The molecule has 0 saturated heterocycles. The van der Waals surface area contributed by atoms with Crippen molar-refractivity contribution in [2.75, 3.05) is 6.61 Å². The predicted molar refractivity (Wildman–Crippen MR) is 24.8 cm³/mol. The summed E-state index contributed by atoms with van der Waals surface area (Å²) in [7, 11) is 3.13. The van der Waals surface area contributed by atoms with Crippen LogP contribution in [-0.2, 0) is 4.74 Å². The van der Waals surface area contributed by atoms with E-state index in [-0.39, 0.29) is 0 Å². The molecule has 0 rings (SSSR count). The molecule has 1 radical (unpaired) electrons. The normalized spacial score (nSPS) is 7.33. The average Bonchev–Trinajstić information content (AvgIpc) is 1.61. The van der Waals surface area contributed by atoms with E-state index in [0.717, 1.165) is 0 Å². The fraction of sp³-hybridized carbons (Fsp3) is 0.400. The van der Waals surface area contributed by atoms with Gasteiger partial charge in [-0.3, -0.25) is 0 Å². The SMILES string of the molecule is C#CCCO[CH2]. The molecule has 0 fully saturated rings. The molecule has 0 amide bonds. The first-order chi connectivity index (χ1) is 2.91. The van der Waals surface area contributed by atoms with Crippen molar-refractivity contribution < 1.29 is 4.74 Å². The summed E-state index contributed by atoms with van der Waals surface area (Å²) in [6.45, 7) is 0.566. The van der Waals surface area contributed by atoms with Crippen molar-refractivity contribution in [3.8, 4) is 12.3 Å². The Bertz CT molecular complexity index is 51.4. The lowest BCUT2D eigenvalue weighted by molar-refractivity contribution is 0.250. The zero-order chi connectivity index (χ0) is 4.83. The third-order valence-electron chi connectivity index (χ3n) is 0.391. The van der Waals surface area contributed by atoms with Crippen molar-refractivity contribution in [3.05, 3.63) is 7.11 Å². The number of terminal acetylenes is 1. The highest BCUT2D eigenvalue weighted by Crippen LogP contribution is 1.73. The molecular formula is C5H7O. The first-order valence-electron chi connectivity index (χ1n) is 1.72. The van der Waals surface area contributed by atoms with Gasteiger partial charge >= 0.3 is 0 Å². The van der Waals surface area contributed by atoms with E-state index in [9.17, 15) is 0 Å². The van der Waals surface area contributed by atoms with E-state index in [1.807, 2.05) is 0 Å². The van der Waals surface area contributed by atoms with Crippen LogP contribution >= 0.6 is 0 Å². The summed E-state index contributed by atoms with van der Waals surface area (Å²) in [5.74, 6) is 2.40. The van der Waals surface area contributed by atoms with Crippen LogP contribution in [-0.4, -0.2) is 6.61 Å². The zero-order valence-corrected chi connectivity index (χ0v) is 3.61. The van der Waals surface area contributed by atoms with Crippen molar-refractivity contribution in [3.63, 3.8) is 0 Å². The van der Waals surface area contributed by atoms with Crippen LogP contribution in [0.5, 0.6) is 0 Å². The quantitative estimate of drug-likeness (QED) is 0.354. The molecule has 0 saturated carbocycles. The first-order valence-corrected chi connectivity index (χ1v) is 1.72. The topological polar surface area (TPSA) is 9.23 Å². The number of hydrogen-bond acceptors (Lipinski definition) is 1. The van der Waals surface area contributed by atoms with Crippen molar-refractivity contribution in [2.45, 2.75) is 6.42 Å². The average molecular weight is 83.1 g/mol. The Hall–Kier alpha value is -0.480. The van der Waals surface area contributed by atoms with Crippen LogP contribution in [0.2, 0.25) is 0 Å². The molecule has 0 N–H and O–H groups in total. The van der Waals surface area contributed by atoms with Gasteiger partial charge in [0.25, 0.3) is 0 Å². The van der Waals surface area contributed by atoms with Crippen LogP contribution < -0.4 is 0 Å². The third-order valence-corrected chi connectivity index (χ3v) is 0.391. The fourth-order valence-corrected chi connectivity index (χ4v) is 0.131. The van der Waals surface area contributed by atoms with Crippen molar-refractivity contribution in [1.82, 2.24) is 0 Å². The van der Waals surface area contributed by atoms with E-state index in [4.69, 9.17) is 6.42 Å². The first kappa shape index (κ1) is 5.52. The minimum atomic E-state index is 0.566. The number of rotatable bonds is 2.